The van der Waals surface area contributed by atoms with Crippen LogP contribution < -0.4 is 7.08 Å². The molecular weight excluding hydrogens is 355 g/mol. The van der Waals surface area contributed by atoms with Crippen LogP contribution in [0, 0.1) is 11.8 Å². The monoisotopic (exact) mass is 378 g/mol. The van der Waals surface area contributed by atoms with Crippen LogP contribution in [-0.2, 0) is 15.7 Å². The van der Waals surface area contributed by atoms with Gasteiger partial charge in [0, 0.05) is 0 Å². The molecule has 2 saturated heterocycles. The molecule has 2 heterocycles. The van der Waals surface area contributed by atoms with Crippen molar-refractivity contribution < 1.29 is 15.7 Å². The van der Waals surface area contributed by atoms with Gasteiger partial charge in [-0.3, -0.25) is 0 Å². The number of rotatable bonds is 4. The van der Waals surface area contributed by atoms with Crippen molar-refractivity contribution in [3.8, 4) is 0 Å². The van der Waals surface area contributed by atoms with E-state index in [1.165, 1.54) is 0 Å². The minimum absolute atomic E-state index is 0.282. The summed E-state index contributed by atoms with van der Waals surface area (Å²) in [6.07, 6.45) is 1.40. The van der Waals surface area contributed by atoms with Crippen molar-refractivity contribution in [3.05, 3.63) is 0 Å². The number of carbonyl (C=O) groups excluding carboxylic acids is 2. The Balaban J connectivity index is 2.02. The Labute approximate surface area is 119 Å². The van der Waals surface area contributed by atoms with Gasteiger partial charge < -0.3 is 0 Å². The van der Waals surface area contributed by atoms with Gasteiger partial charge in [0.25, 0.3) is 0 Å². The fourth-order valence-electron chi connectivity index (χ4n) is 2.44. The molecule has 0 radical (unpaired) electrons. The van der Waals surface area contributed by atoms with Crippen molar-refractivity contribution in [3.63, 3.8) is 0 Å². The molecule has 0 amide bonds. The predicted octanol–water partition coefficient (Wildman–Crippen LogP) is 0.544. The van der Waals surface area contributed by atoms with E-state index in [1.54, 1.807) is 0 Å². The molecule has 2 N–H and O–H groups in total. The molecular formula is C12H22N2O4Sn. The average Bonchev–Trinajstić information content (AvgIpc) is 2.67. The first-order valence-electron chi connectivity index (χ1n) is 6.82. The van der Waals surface area contributed by atoms with Gasteiger partial charge in [-0.15, -0.1) is 0 Å². The normalized spacial score (nSPS) is 29.4. The fourth-order valence-corrected chi connectivity index (χ4v) is 9.86. The molecule has 0 unspecified atom stereocenters. The maximum atomic E-state index is 11.8. The molecule has 19 heavy (non-hydrogen) atoms. The van der Waals surface area contributed by atoms with E-state index in [2.05, 4.69) is 7.08 Å². The van der Waals surface area contributed by atoms with Crippen LogP contribution >= 0.6 is 0 Å². The second-order valence-corrected chi connectivity index (χ2v) is 12.4. The van der Waals surface area contributed by atoms with Gasteiger partial charge in [-0.05, 0) is 0 Å². The zero-order chi connectivity index (χ0) is 14.2. The van der Waals surface area contributed by atoms with Crippen LogP contribution in [-0.4, -0.2) is 43.8 Å². The fraction of sp³-hybridized carbons (Fsp3) is 0.833. The zero-order valence-corrected chi connectivity index (χ0v) is 14.7. The average molecular weight is 377 g/mol. The SMILES string of the molecule is CC(C)C[C@H]1[NH][Sn]2([NH][C@H](CC(C)C)C(=O)[O]2)[O]C1=O. The standard InChI is InChI=1S/2C6H12NO2.Sn/c2*1-4(2)3-5(7)6(8)9;/h2*4-5,7H,3H2,1-2H3,(H,8,9);/q2*-1;+4/p-2/t2*5-;/m11./s1. The molecule has 2 aliphatic rings. The Bertz CT molecular complexity index is 350. The summed E-state index contributed by atoms with van der Waals surface area (Å²) in [6.45, 7) is 8.19. The Morgan fingerprint density at radius 3 is 1.63 bits per heavy atom. The topological polar surface area (TPSA) is 76.7 Å². The van der Waals surface area contributed by atoms with Crippen LogP contribution in [0.1, 0.15) is 40.5 Å². The van der Waals surface area contributed by atoms with Gasteiger partial charge in [0.2, 0.25) is 0 Å². The molecule has 0 aromatic carbocycles. The number of hydrogen-bond donors (Lipinski definition) is 2. The van der Waals surface area contributed by atoms with E-state index in [1.807, 2.05) is 27.7 Å². The molecule has 2 rings (SSSR count). The van der Waals surface area contributed by atoms with E-state index < -0.39 is 19.8 Å². The van der Waals surface area contributed by atoms with E-state index in [0.717, 1.165) is 0 Å². The summed E-state index contributed by atoms with van der Waals surface area (Å²) < 4.78 is 17.2. The number of nitrogens with one attached hydrogen (secondary N) is 2. The third kappa shape index (κ3) is 3.41. The first-order valence-corrected chi connectivity index (χ1v) is 12.0. The quantitative estimate of drug-likeness (QED) is 0.697. The molecule has 0 saturated carbocycles. The summed E-state index contributed by atoms with van der Waals surface area (Å²) in [6, 6.07) is -0.678. The van der Waals surface area contributed by atoms with Crippen LogP contribution in [0.5, 0.6) is 0 Å². The second kappa shape index (κ2) is 5.57. The first kappa shape index (κ1) is 15.1. The molecule has 6 nitrogen and oxygen atoms in total. The van der Waals surface area contributed by atoms with Gasteiger partial charge in [-0.2, -0.15) is 0 Å². The van der Waals surface area contributed by atoms with E-state index in [0.29, 0.717) is 24.7 Å². The molecule has 2 fully saturated rings. The summed E-state index contributed by atoms with van der Waals surface area (Å²) in [5, 5.41) is 0. The Kier molecular flexibility index (Phi) is 4.41. The molecule has 2 aliphatic heterocycles. The van der Waals surface area contributed by atoms with Crippen molar-refractivity contribution in [1.29, 1.82) is 0 Å². The summed E-state index contributed by atoms with van der Waals surface area (Å²) in [4.78, 5) is 23.7. The van der Waals surface area contributed by atoms with Gasteiger partial charge in [0.15, 0.2) is 0 Å². The molecule has 0 bridgehead atoms. The third-order valence-electron chi connectivity index (χ3n) is 3.20. The van der Waals surface area contributed by atoms with Gasteiger partial charge in [-0.1, -0.05) is 0 Å². The van der Waals surface area contributed by atoms with Crippen molar-refractivity contribution in [2.45, 2.75) is 52.6 Å². The van der Waals surface area contributed by atoms with Crippen LogP contribution in [0.25, 0.3) is 0 Å². The van der Waals surface area contributed by atoms with E-state index in [4.69, 9.17) is 6.15 Å². The minimum atomic E-state index is -3.87. The third-order valence-corrected chi connectivity index (χ3v) is 10.1. The van der Waals surface area contributed by atoms with Crippen LogP contribution in [0.2, 0.25) is 0 Å². The zero-order valence-electron chi connectivity index (χ0n) is 11.9. The van der Waals surface area contributed by atoms with Crippen molar-refractivity contribution in [2.75, 3.05) is 0 Å². The maximum absolute atomic E-state index is 11.8. The van der Waals surface area contributed by atoms with Gasteiger partial charge in [0.1, 0.15) is 0 Å². The molecule has 0 aliphatic carbocycles. The molecule has 0 aromatic rings. The van der Waals surface area contributed by atoms with E-state index >= 15 is 0 Å². The molecule has 2 atom stereocenters. The predicted molar refractivity (Wildman–Crippen MR) is 70.7 cm³/mol. The van der Waals surface area contributed by atoms with Crippen LogP contribution in [0.15, 0.2) is 0 Å². The summed E-state index contributed by atoms with van der Waals surface area (Å²) >= 11 is -3.87. The molecule has 0 aromatic heterocycles. The number of hydrogen-bond acceptors (Lipinski definition) is 6. The second-order valence-electron chi connectivity index (χ2n) is 6.11. The summed E-state index contributed by atoms with van der Waals surface area (Å²) in [5.74, 6) is 0.204. The van der Waals surface area contributed by atoms with Gasteiger partial charge >= 0.3 is 119 Å². The Morgan fingerprint density at radius 2 is 1.32 bits per heavy atom. The summed E-state index contributed by atoms with van der Waals surface area (Å²) in [5.41, 5.74) is 0. The Hall–Kier alpha value is -0.341. The van der Waals surface area contributed by atoms with E-state index in [-0.39, 0.29) is 24.0 Å². The molecule has 7 heteroatoms. The van der Waals surface area contributed by atoms with E-state index in [9.17, 15) is 9.59 Å². The van der Waals surface area contributed by atoms with Crippen molar-refractivity contribution in [1.82, 2.24) is 7.08 Å². The van der Waals surface area contributed by atoms with Gasteiger partial charge in [0.05, 0.1) is 0 Å². The van der Waals surface area contributed by atoms with Crippen molar-refractivity contribution >= 4 is 31.7 Å². The van der Waals surface area contributed by atoms with Crippen molar-refractivity contribution in [2.24, 2.45) is 11.8 Å². The molecule has 1 spiro atoms. The number of carbonyl (C=O) groups is 2. The Morgan fingerprint density at radius 1 is 0.947 bits per heavy atom. The van der Waals surface area contributed by atoms with Crippen LogP contribution in [0.4, 0.5) is 0 Å². The van der Waals surface area contributed by atoms with Gasteiger partial charge in [-0.25, -0.2) is 0 Å². The summed E-state index contributed by atoms with van der Waals surface area (Å²) in [7, 11) is 0. The first-order chi connectivity index (χ1) is 8.81. The molecule has 108 valence electrons. The van der Waals surface area contributed by atoms with Crippen LogP contribution in [0.3, 0.4) is 0 Å².